The summed E-state index contributed by atoms with van der Waals surface area (Å²) in [5.74, 6) is 0.865. The van der Waals surface area contributed by atoms with Crippen LogP contribution in [-0.4, -0.2) is 65.2 Å². The van der Waals surface area contributed by atoms with E-state index in [2.05, 4.69) is 38.1 Å². The predicted octanol–water partition coefficient (Wildman–Crippen LogP) is 3.65. The van der Waals surface area contributed by atoms with Gasteiger partial charge in [-0.05, 0) is 55.7 Å². The Balaban J connectivity index is 1.34. The SMILES string of the molecule is Cc1cc(C(=O)N2CCOCC(Cc3cccc4ccncc34)C2)nc(N2CCCCC2)n1. The molecule has 2 saturated heterocycles. The minimum Gasteiger partial charge on any atom is -0.379 e. The van der Waals surface area contributed by atoms with Crippen LogP contribution in [0.2, 0.25) is 0 Å². The number of hydrogen-bond acceptors (Lipinski definition) is 6. The second-order valence-corrected chi connectivity index (χ2v) is 9.15. The number of carbonyl (C=O) groups is 1. The van der Waals surface area contributed by atoms with E-state index < -0.39 is 0 Å². The van der Waals surface area contributed by atoms with Crippen molar-refractivity contribution in [2.75, 3.05) is 44.3 Å². The van der Waals surface area contributed by atoms with Gasteiger partial charge in [-0.15, -0.1) is 0 Å². The Labute approximate surface area is 194 Å². The molecule has 172 valence electrons. The second kappa shape index (κ2) is 9.83. The summed E-state index contributed by atoms with van der Waals surface area (Å²) in [5, 5.41) is 2.35. The van der Waals surface area contributed by atoms with Crippen molar-refractivity contribution in [3.8, 4) is 0 Å². The van der Waals surface area contributed by atoms with Crippen LogP contribution in [0.5, 0.6) is 0 Å². The first-order valence-corrected chi connectivity index (χ1v) is 12.0. The van der Waals surface area contributed by atoms with Gasteiger partial charge in [-0.3, -0.25) is 9.78 Å². The van der Waals surface area contributed by atoms with Gasteiger partial charge < -0.3 is 14.5 Å². The summed E-state index contributed by atoms with van der Waals surface area (Å²) in [6, 6.07) is 10.2. The number of aromatic nitrogens is 3. The third-order valence-corrected chi connectivity index (χ3v) is 6.61. The van der Waals surface area contributed by atoms with E-state index in [-0.39, 0.29) is 11.8 Å². The summed E-state index contributed by atoms with van der Waals surface area (Å²) in [7, 11) is 0. The monoisotopic (exact) mass is 445 g/mol. The van der Waals surface area contributed by atoms with Gasteiger partial charge in [0.2, 0.25) is 5.95 Å². The third-order valence-electron chi connectivity index (χ3n) is 6.61. The summed E-state index contributed by atoms with van der Waals surface area (Å²) in [4.78, 5) is 31.2. The number of aryl methyl sites for hydroxylation is 1. The number of anilines is 1. The van der Waals surface area contributed by atoms with Crippen molar-refractivity contribution in [1.29, 1.82) is 0 Å². The number of amides is 1. The minimum absolute atomic E-state index is 0.0335. The Hall–Kier alpha value is -3.06. The molecule has 2 aromatic heterocycles. The lowest BCUT2D eigenvalue weighted by atomic mass is 9.96. The molecule has 2 aliphatic heterocycles. The van der Waals surface area contributed by atoms with Crippen molar-refractivity contribution >= 4 is 22.6 Å². The minimum atomic E-state index is -0.0335. The van der Waals surface area contributed by atoms with E-state index >= 15 is 0 Å². The molecule has 7 nitrogen and oxygen atoms in total. The van der Waals surface area contributed by atoms with Crippen molar-refractivity contribution in [3.63, 3.8) is 0 Å². The van der Waals surface area contributed by atoms with Crippen molar-refractivity contribution in [2.45, 2.75) is 32.6 Å². The Bertz CT molecular complexity index is 1120. The number of fused-ring (bicyclic) bond motifs is 1. The van der Waals surface area contributed by atoms with Crippen LogP contribution >= 0.6 is 0 Å². The van der Waals surface area contributed by atoms with Gasteiger partial charge in [0.1, 0.15) is 5.69 Å². The lowest BCUT2D eigenvalue weighted by molar-refractivity contribution is 0.0731. The van der Waals surface area contributed by atoms with Crippen LogP contribution < -0.4 is 4.90 Å². The highest BCUT2D eigenvalue weighted by Crippen LogP contribution is 2.23. The lowest BCUT2D eigenvalue weighted by Crippen LogP contribution is -2.37. The Morgan fingerprint density at radius 3 is 2.88 bits per heavy atom. The van der Waals surface area contributed by atoms with Crippen molar-refractivity contribution in [2.24, 2.45) is 5.92 Å². The van der Waals surface area contributed by atoms with E-state index in [1.807, 2.05) is 36.4 Å². The molecular weight excluding hydrogens is 414 g/mol. The molecule has 33 heavy (non-hydrogen) atoms. The maximum absolute atomic E-state index is 13.5. The molecule has 4 heterocycles. The van der Waals surface area contributed by atoms with Gasteiger partial charge in [0.25, 0.3) is 5.91 Å². The van der Waals surface area contributed by atoms with Crippen LogP contribution in [0.3, 0.4) is 0 Å². The maximum atomic E-state index is 13.5. The Kier molecular flexibility index (Phi) is 6.48. The summed E-state index contributed by atoms with van der Waals surface area (Å²) < 4.78 is 5.90. The van der Waals surface area contributed by atoms with Crippen LogP contribution in [0, 0.1) is 12.8 Å². The van der Waals surface area contributed by atoms with Crippen LogP contribution in [0.4, 0.5) is 5.95 Å². The third kappa shape index (κ3) is 4.98. The number of hydrogen-bond donors (Lipinski definition) is 0. The lowest BCUT2D eigenvalue weighted by Gasteiger charge is -2.28. The predicted molar refractivity (Wildman–Crippen MR) is 128 cm³/mol. The van der Waals surface area contributed by atoms with E-state index in [1.165, 1.54) is 22.8 Å². The number of ether oxygens (including phenoxy) is 1. The smallest absolute Gasteiger partial charge is 0.272 e. The number of rotatable bonds is 4. The molecule has 1 amide bonds. The van der Waals surface area contributed by atoms with E-state index in [1.54, 1.807) is 0 Å². The topological polar surface area (TPSA) is 71.5 Å². The van der Waals surface area contributed by atoms with Gasteiger partial charge in [-0.2, -0.15) is 0 Å². The van der Waals surface area contributed by atoms with Gasteiger partial charge >= 0.3 is 0 Å². The fourth-order valence-electron chi connectivity index (χ4n) is 4.91. The van der Waals surface area contributed by atoms with E-state index in [0.29, 0.717) is 37.9 Å². The van der Waals surface area contributed by atoms with E-state index in [9.17, 15) is 4.79 Å². The highest BCUT2D eigenvalue weighted by molar-refractivity contribution is 5.92. The van der Waals surface area contributed by atoms with Gasteiger partial charge in [0.05, 0.1) is 13.2 Å². The first-order valence-electron chi connectivity index (χ1n) is 12.0. The van der Waals surface area contributed by atoms with Gasteiger partial charge in [-0.25, -0.2) is 9.97 Å². The molecule has 0 radical (unpaired) electrons. The normalized spacial score (nSPS) is 19.5. The molecule has 0 spiro atoms. The Morgan fingerprint density at radius 1 is 1.12 bits per heavy atom. The molecule has 0 bridgehead atoms. The van der Waals surface area contributed by atoms with E-state index in [4.69, 9.17) is 4.74 Å². The molecular formula is C26H31N5O2. The van der Waals surface area contributed by atoms with Crippen LogP contribution in [0.25, 0.3) is 10.8 Å². The number of nitrogens with zero attached hydrogens (tertiary/aromatic N) is 5. The molecule has 1 aromatic carbocycles. The van der Waals surface area contributed by atoms with E-state index in [0.717, 1.165) is 38.0 Å². The zero-order chi connectivity index (χ0) is 22.6. The largest absolute Gasteiger partial charge is 0.379 e. The highest BCUT2D eigenvalue weighted by atomic mass is 16.5. The van der Waals surface area contributed by atoms with Crippen molar-refractivity contribution < 1.29 is 9.53 Å². The highest BCUT2D eigenvalue weighted by Gasteiger charge is 2.26. The zero-order valence-electron chi connectivity index (χ0n) is 19.2. The average Bonchev–Trinajstić information content (AvgIpc) is 3.09. The quantitative estimate of drug-likeness (QED) is 0.610. The van der Waals surface area contributed by atoms with Crippen molar-refractivity contribution in [1.82, 2.24) is 19.9 Å². The molecule has 7 heteroatoms. The molecule has 0 N–H and O–H groups in total. The van der Waals surface area contributed by atoms with Crippen molar-refractivity contribution in [3.05, 3.63) is 59.7 Å². The summed E-state index contributed by atoms with van der Waals surface area (Å²) in [6.07, 6.45) is 8.13. The molecule has 0 aliphatic carbocycles. The zero-order valence-corrected chi connectivity index (χ0v) is 19.2. The molecule has 1 unspecified atom stereocenters. The standard InChI is InChI=1S/C26H31N5O2/c1-19-14-24(29-26(28-19)30-10-3-2-4-11-30)25(32)31-12-13-33-18-20(17-31)15-22-7-5-6-21-8-9-27-16-23(21)22/h5-9,14,16,20H,2-4,10-13,15,17-18H2,1H3. The van der Waals surface area contributed by atoms with Crippen LogP contribution in [-0.2, 0) is 11.2 Å². The van der Waals surface area contributed by atoms with Crippen LogP contribution in [0.15, 0.2) is 42.7 Å². The number of piperidine rings is 1. The molecule has 3 aromatic rings. The van der Waals surface area contributed by atoms with Crippen LogP contribution in [0.1, 0.15) is 41.0 Å². The number of benzene rings is 1. The Morgan fingerprint density at radius 2 is 2.00 bits per heavy atom. The fourth-order valence-corrected chi connectivity index (χ4v) is 4.91. The average molecular weight is 446 g/mol. The van der Waals surface area contributed by atoms with Gasteiger partial charge in [0, 0.05) is 55.6 Å². The molecule has 5 rings (SSSR count). The summed E-state index contributed by atoms with van der Waals surface area (Å²) in [6.45, 7) is 6.26. The molecule has 2 aliphatic rings. The number of carbonyl (C=O) groups excluding carboxylic acids is 1. The first-order chi connectivity index (χ1) is 16.2. The maximum Gasteiger partial charge on any atom is 0.272 e. The molecule has 0 saturated carbocycles. The fraction of sp³-hybridized carbons (Fsp3) is 0.462. The second-order valence-electron chi connectivity index (χ2n) is 9.15. The van der Waals surface area contributed by atoms with Gasteiger partial charge in [-0.1, -0.05) is 18.2 Å². The number of pyridine rings is 1. The van der Waals surface area contributed by atoms with Gasteiger partial charge in [0.15, 0.2) is 0 Å². The molecule has 1 atom stereocenters. The molecule has 2 fully saturated rings. The first kappa shape index (κ1) is 21.8. The summed E-state index contributed by atoms with van der Waals surface area (Å²) in [5.41, 5.74) is 2.56. The summed E-state index contributed by atoms with van der Waals surface area (Å²) >= 11 is 0.